The van der Waals surface area contributed by atoms with E-state index in [2.05, 4.69) is 10.6 Å². The third-order valence-electron chi connectivity index (χ3n) is 13.8. The van der Waals surface area contributed by atoms with Gasteiger partial charge in [0.25, 0.3) is 11.8 Å². The molecule has 6 saturated heterocycles. The number of allylic oxidation sites excluding steroid dienone is 2. The van der Waals surface area contributed by atoms with E-state index in [4.69, 9.17) is 38.5 Å². The van der Waals surface area contributed by atoms with Gasteiger partial charge in [0, 0.05) is 60.7 Å². The van der Waals surface area contributed by atoms with Crippen molar-refractivity contribution < 1.29 is 74.4 Å². The van der Waals surface area contributed by atoms with Crippen molar-refractivity contribution >= 4 is 23.2 Å². The minimum absolute atomic E-state index is 0.00326. The van der Waals surface area contributed by atoms with Gasteiger partial charge in [0.15, 0.2) is 11.2 Å². The minimum atomic E-state index is -4.91. The van der Waals surface area contributed by atoms with E-state index in [0.29, 0.717) is 51.4 Å². The topological polar surface area (TPSA) is 132 Å². The Morgan fingerprint density at radius 1 is 0.667 bits per heavy atom. The van der Waals surface area contributed by atoms with Crippen molar-refractivity contribution in [2.24, 2.45) is 35.5 Å². The number of ether oxygens (including phenoxy) is 4. The molecule has 1 aromatic heterocycles. The number of thiophene rings is 1. The number of carbonyl (C=O) groups is 2. The fourth-order valence-electron chi connectivity index (χ4n) is 11.0. The Morgan fingerprint density at radius 2 is 1.07 bits per heavy atom. The lowest BCUT2D eigenvalue weighted by Gasteiger charge is -2.57. The Hall–Kier alpha value is -2.94. The van der Waals surface area contributed by atoms with Gasteiger partial charge in [-0.05, 0) is 76.3 Å². The van der Waals surface area contributed by atoms with Gasteiger partial charge in [0.1, 0.15) is 0 Å². The minimum Gasteiger partial charge on any atom is -0.456 e. The largest absolute Gasteiger partial charge is 0.456 e. The number of nitrogens with one attached hydrogen (secondary N) is 2. The van der Waals surface area contributed by atoms with Crippen molar-refractivity contribution in [3.05, 3.63) is 44.6 Å². The number of hydrogen-bond acceptors (Lipinski definition) is 11. The molecular weight excluding hydrogens is 790 g/mol. The van der Waals surface area contributed by atoms with Gasteiger partial charge in [0.05, 0.1) is 9.75 Å². The quantitative estimate of drug-likeness (QED) is 0.222. The first kappa shape index (κ1) is 39.5. The van der Waals surface area contributed by atoms with Crippen LogP contribution < -0.4 is 10.6 Å². The molecule has 19 heteroatoms. The molecule has 2 N–H and O–H groups in total. The Bertz CT molecular complexity index is 1770. The van der Waals surface area contributed by atoms with Crippen molar-refractivity contribution in [1.82, 2.24) is 10.6 Å². The second-order valence-electron chi connectivity index (χ2n) is 17.2. The van der Waals surface area contributed by atoms with E-state index in [1.807, 2.05) is 13.8 Å². The zero-order valence-corrected chi connectivity index (χ0v) is 32.4. The maximum Gasteiger partial charge on any atom is 0.449 e. The average molecular weight is 835 g/mol. The molecule has 0 aromatic carbocycles. The maximum absolute atomic E-state index is 14.6. The zero-order valence-electron chi connectivity index (χ0n) is 31.6. The van der Waals surface area contributed by atoms with Gasteiger partial charge in [-0.25, -0.2) is 19.6 Å². The predicted molar refractivity (Wildman–Crippen MR) is 183 cm³/mol. The predicted octanol–water partition coefficient (Wildman–Crippen LogP) is 7.33. The normalized spacial score (nSPS) is 42.3. The first-order valence-corrected chi connectivity index (χ1v) is 20.3. The van der Waals surface area contributed by atoms with Gasteiger partial charge < -0.3 is 29.6 Å². The molecular formula is C38H44F6N2O10S. The van der Waals surface area contributed by atoms with Crippen LogP contribution in [0.5, 0.6) is 0 Å². The van der Waals surface area contributed by atoms with E-state index in [0.717, 1.165) is 11.3 Å². The Morgan fingerprint density at radius 3 is 1.46 bits per heavy atom. The molecule has 0 radical (unpaired) electrons. The molecule has 0 unspecified atom stereocenters. The third-order valence-corrected chi connectivity index (χ3v) is 14.8. The van der Waals surface area contributed by atoms with Crippen LogP contribution in [0.25, 0.3) is 0 Å². The molecule has 12 nitrogen and oxygen atoms in total. The molecule has 12 atom stereocenters. The fraction of sp³-hybridized carbons (Fsp3) is 0.737. The molecule has 314 valence electrons. The first-order valence-electron chi connectivity index (χ1n) is 19.5. The van der Waals surface area contributed by atoms with E-state index in [-0.39, 0.29) is 44.6 Å². The number of fused-ring (bicyclic) bond motifs is 4. The van der Waals surface area contributed by atoms with Crippen LogP contribution in [-0.4, -0.2) is 72.6 Å². The van der Waals surface area contributed by atoms with Gasteiger partial charge in [-0.2, -0.15) is 26.3 Å². The van der Waals surface area contributed by atoms with Crippen LogP contribution in [0.1, 0.15) is 98.4 Å². The molecule has 2 saturated carbocycles. The molecule has 10 aliphatic rings. The fourth-order valence-corrected chi connectivity index (χ4v) is 11.8. The Kier molecular flexibility index (Phi) is 9.21. The maximum atomic E-state index is 14.6. The van der Waals surface area contributed by atoms with Crippen LogP contribution in [0.15, 0.2) is 34.8 Å². The summed E-state index contributed by atoms with van der Waals surface area (Å²) in [5, 5.41) is 5.14. The second kappa shape index (κ2) is 13.3. The molecule has 4 bridgehead atoms. The number of amides is 2. The summed E-state index contributed by atoms with van der Waals surface area (Å²) in [7, 11) is 0. The molecule has 2 aliphatic carbocycles. The highest BCUT2D eigenvalue weighted by Crippen LogP contribution is 2.63. The Labute approximate surface area is 327 Å². The number of hydrogen-bond donors (Lipinski definition) is 2. The van der Waals surface area contributed by atoms with Gasteiger partial charge in [0.2, 0.25) is 35.7 Å². The molecule has 2 spiro atoms. The van der Waals surface area contributed by atoms with Crippen molar-refractivity contribution in [2.45, 2.75) is 127 Å². The van der Waals surface area contributed by atoms with Gasteiger partial charge in [-0.3, -0.25) is 9.59 Å². The number of halogens is 6. The van der Waals surface area contributed by atoms with Crippen LogP contribution in [0.2, 0.25) is 0 Å². The summed E-state index contributed by atoms with van der Waals surface area (Å²) < 4.78 is 111. The van der Waals surface area contributed by atoms with Crippen molar-refractivity contribution in [2.75, 3.05) is 13.1 Å². The van der Waals surface area contributed by atoms with Crippen LogP contribution in [0, 0.1) is 35.5 Å². The Balaban J connectivity index is 0.928. The summed E-state index contributed by atoms with van der Waals surface area (Å²) >= 11 is 0.740. The van der Waals surface area contributed by atoms with E-state index in [1.165, 1.54) is 12.1 Å². The third kappa shape index (κ3) is 6.14. The van der Waals surface area contributed by atoms with Crippen LogP contribution >= 0.6 is 11.3 Å². The van der Waals surface area contributed by atoms with Crippen LogP contribution in [0.3, 0.4) is 0 Å². The molecule has 8 aliphatic heterocycles. The number of alkyl halides is 6. The highest BCUT2D eigenvalue weighted by molar-refractivity contribution is 7.15. The smallest absolute Gasteiger partial charge is 0.449 e. The highest BCUT2D eigenvalue weighted by atomic mass is 32.1. The second-order valence-corrected chi connectivity index (χ2v) is 18.3. The molecule has 1 aromatic rings. The lowest BCUT2D eigenvalue weighted by atomic mass is 9.59. The number of rotatable bonds is 6. The summed E-state index contributed by atoms with van der Waals surface area (Å²) in [4.78, 5) is 50.3. The average Bonchev–Trinajstić information content (AvgIpc) is 3.39. The molecule has 11 rings (SSSR count). The lowest BCUT2D eigenvalue weighted by Crippen LogP contribution is -2.67. The molecule has 8 fully saturated rings. The summed E-state index contributed by atoms with van der Waals surface area (Å²) in [6.45, 7) is 6.15. The van der Waals surface area contributed by atoms with E-state index >= 15 is 0 Å². The van der Waals surface area contributed by atoms with Crippen molar-refractivity contribution in [3.63, 3.8) is 0 Å². The first-order chi connectivity index (χ1) is 26.8. The van der Waals surface area contributed by atoms with Crippen molar-refractivity contribution in [1.29, 1.82) is 0 Å². The standard InChI is InChI=1S/C38H44F6N2O10S/c1-17-5-7-23-19(27(37(39,40)41)49-31-35(23)21(17)11-13-33(3,51-31)53-55-35)15-45-29(47)25-9-10-26(57-25)30(48)46-16-20-24-8-6-18(2)22-12-14-34(4)52-32(36(22,24)56-54-34)50-28(20)38(42,43)44/h9-10,17-18,21-24,31-32H,5-8,11-16H2,1-4H3,(H,45,47)(H,46,48)/t17-,18-,21+,22+,23+,24+,31-,32-,33-,34+,35-,36-/m1/s1. The van der Waals surface area contributed by atoms with Gasteiger partial charge >= 0.3 is 12.4 Å². The van der Waals surface area contributed by atoms with E-state index < -0.39 is 96.0 Å². The van der Waals surface area contributed by atoms with Crippen molar-refractivity contribution in [3.8, 4) is 0 Å². The summed E-state index contributed by atoms with van der Waals surface area (Å²) in [5.41, 5.74) is -3.12. The van der Waals surface area contributed by atoms with E-state index in [9.17, 15) is 35.9 Å². The molecule has 9 heterocycles. The summed E-state index contributed by atoms with van der Waals surface area (Å²) in [5.74, 6) is -8.60. The van der Waals surface area contributed by atoms with Gasteiger partial charge in [-0.15, -0.1) is 11.3 Å². The zero-order chi connectivity index (χ0) is 40.5. The summed E-state index contributed by atoms with van der Waals surface area (Å²) in [6, 6.07) is 2.65. The highest BCUT2D eigenvalue weighted by Gasteiger charge is 2.72. The monoisotopic (exact) mass is 834 g/mol. The van der Waals surface area contributed by atoms with Crippen LogP contribution in [-0.2, 0) is 38.5 Å². The number of carbonyl (C=O) groups excluding carboxylic acids is 2. The molecule has 2 amide bonds. The SMILES string of the molecule is C[C@@H]1CC[C@H]2C(CNC(=O)c3ccc(C(=O)NCC4=C(C(F)(F)F)O[C@@H]5O[C@]6(C)CC[C@H]7[C@H](C)CC[C@@H]4[C@@]57OO6)s3)=C(C(F)(F)F)O[C@@H]3O[C@@]4(C)CC[C@@H]1[C@]32OO4. The lowest BCUT2D eigenvalue weighted by molar-refractivity contribution is -0.557. The summed E-state index contributed by atoms with van der Waals surface area (Å²) in [6.07, 6.45) is -8.79. The van der Waals surface area contributed by atoms with E-state index in [1.54, 1.807) is 13.8 Å². The molecule has 57 heavy (non-hydrogen) atoms. The van der Waals surface area contributed by atoms with Crippen LogP contribution in [0.4, 0.5) is 26.3 Å². The van der Waals surface area contributed by atoms with Gasteiger partial charge in [-0.1, -0.05) is 13.8 Å².